The van der Waals surface area contributed by atoms with Crippen molar-refractivity contribution in [2.45, 2.75) is 31.5 Å². The maximum absolute atomic E-state index is 12.4. The van der Waals surface area contributed by atoms with Gasteiger partial charge in [-0.05, 0) is 19.4 Å². The van der Waals surface area contributed by atoms with Crippen molar-refractivity contribution in [2.24, 2.45) is 16.6 Å². The van der Waals surface area contributed by atoms with E-state index in [0.717, 1.165) is 17.2 Å². The molecule has 3 N–H and O–H groups in total. The fraction of sp³-hybridized carbons (Fsp3) is 0.444. The van der Waals surface area contributed by atoms with Crippen molar-refractivity contribution >= 4 is 40.0 Å². The molecule has 0 aromatic carbocycles. The second-order valence-corrected chi connectivity index (χ2v) is 8.73. The average Bonchev–Trinajstić information content (AvgIpc) is 3.32. The summed E-state index contributed by atoms with van der Waals surface area (Å²) in [7, 11) is 0. The van der Waals surface area contributed by atoms with Gasteiger partial charge < -0.3 is 15.8 Å². The van der Waals surface area contributed by atoms with Crippen LogP contribution in [0.2, 0.25) is 0 Å². The summed E-state index contributed by atoms with van der Waals surface area (Å²) in [6.45, 7) is 2.83. The first kappa shape index (κ1) is 19.0. The van der Waals surface area contributed by atoms with Crippen LogP contribution in [0.3, 0.4) is 0 Å². The number of carbonyl (C=O) groups is 1. The highest BCUT2D eigenvalue weighted by molar-refractivity contribution is 8.13. The Bertz CT molecular complexity index is 961. The number of aromatic nitrogens is 3. The van der Waals surface area contributed by atoms with E-state index in [1.165, 1.54) is 16.0 Å². The highest BCUT2D eigenvalue weighted by atomic mass is 32.2. The van der Waals surface area contributed by atoms with Crippen LogP contribution in [0.25, 0.3) is 0 Å². The van der Waals surface area contributed by atoms with E-state index in [0.29, 0.717) is 30.1 Å². The summed E-state index contributed by atoms with van der Waals surface area (Å²) in [6.07, 6.45) is 8.02. The molecule has 0 unspecified atom stereocenters. The van der Waals surface area contributed by atoms with Gasteiger partial charge in [0.25, 0.3) is 5.91 Å². The number of nitrogens with two attached hydrogens (primary N) is 1. The van der Waals surface area contributed by atoms with Gasteiger partial charge >= 0.3 is 0 Å². The van der Waals surface area contributed by atoms with E-state index in [1.54, 1.807) is 24.0 Å². The standard InChI is InChI=1S/C18H20N6O2S2/c1-3-5-24-6-4-13(23-24)15(25)20-14-9-27-16(21-14)18-10-26-11(2)7-12(18)8-28-17(19)22-18/h1,4,6,9,11-12H,5,7-8,10H2,2H3,(H2,19,22)(H,20,25)/t11-,12-,18-/m0/s1. The minimum Gasteiger partial charge on any atom is -0.379 e. The van der Waals surface area contributed by atoms with Gasteiger partial charge in [0, 0.05) is 23.2 Å². The van der Waals surface area contributed by atoms with Crippen molar-refractivity contribution in [1.82, 2.24) is 14.8 Å². The molecule has 1 saturated heterocycles. The quantitative estimate of drug-likeness (QED) is 0.737. The zero-order chi connectivity index (χ0) is 19.7. The van der Waals surface area contributed by atoms with Gasteiger partial charge in [0.1, 0.15) is 22.9 Å². The van der Waals surface area contributed by atoms with Crippen LogP contribution in [0.1, 0.15) is 28.8 Å². The number of nitrogens with one attached hydrogen (secondary N) is 1. The smallest absolute Gasteiger partial charge is 0.277 e. The number of ether oxygens (including phenoxy) is 1. The molecule has 2 aromatic heterocycles. The third-order valence-corrected chi connectivity index (χ3v) is 6.83. The molecule has 28 heavy (non-hydrogen) atoms. The Morgan fingerprint density at radius 1 is 1.61 bits per heavy atom. The summed E-state index contributed by atoms with van der Waals surface area (Å²) in [5, 5.41) is 10.1. The molecule has 0 radical (unpaired) electrons. The number of thioether (sulfide) groups is 1. The van der Waals surface area contributed by atoms with E-state index >= 15 is 0 Å². The first-order valence-electron chi connectivity index (χ1n) is 8.84. The number of anilines is 1. The highest BCUT2D eigenvalue weighted by Crippen LogP contribution is 2.46. The molecule has 8 nitrogen and oxygen atoms in total. The zero-order valence-electron chi connectivity index (χ0n) is 15.3. The lowest BCUT2D eigenvalue weighted by Gasteiger charge is -2.44. The first-order valence-corrected chi connectivity index (χ1v) is 10.7. The van der Waals surface area contributed by atoms with E-state index in [2.05, 4.69) is 28.2 Å². The number of amides is 1. The van der Waals surface area contributed by atoms with Gasteiger partial charge in [-0.1, -0.05) is 17.7 Å². The van der Waals surface area contributed by atoms with Crippen LogP contribution >= 0.6 is 23.1 Å². The van der Waals surface area contributed by atoms with Crippen LogP contribution in [-0.4, -0.2) is 44.3 Å². The molecule has 0 saturated carbocycles. The minimum atomic E-state index is -0.580. The first-order chi connectivity index (χ1) is 13.5. The number of thiazole rings is 1. The molecule has 3 atom stereocenters. The Morgan fingerprint density at radius 3 is 3.29 bits per heavy atom. The fourth-order valence-corrected chi connectivity index (χ4v) is 5.43. The fourth-order valence-electron chi connectivity index (χ4n) is 3.45. The third-order valence-electron chi connectivity index (χ3n) is 4.86. The Labute approximate surface area is 171 Å². The maximum Gasteiger partial charge on any atom is 0.277 e. The Kier molecular flexibility index (Phi) is 5.14. The van der Waals surface area contributed by atoms with Gasteiger partial charge in [-0.25, -0.2) is 9.98 Å². The van der Waals surface area contributed by atoms with Crippen LogP contribution in [0.15, 0.2) is 22.6 Å². The largest absolute Gasteiger partial charge is 0.379 e. The summed E-state index contributed by atoms with van der Waals surface area (Å²) in [5.74, 6) is 3.79. The molecule has 2 aliphatic rings. The molecule has 1 amide bonds. The van der Waals surface area contributed by atoms with Gasteiger partial charge in [0.05, 0.1) is 12.7 Å². The summed E-state index contributed by atoms with van der Waals surface area (Å²) in [4.78, 5) is 21.8. The van der Waals surface area contributed by atoms with Crippen molar-refractivity contribution in [3.63, 3.8) is 0 Å². The SMILES string of the molecule is C#CCn1ccc(C(=O)Nc2csc([C@]34CO[C@@H](C)C[C@H]3CSC(N)=N4)n2)n1. The molecule has 0 spiro atoms. The predicted molar refractivity (Wildman–Crippen MR) is 110 cm³/mol. The number of terminal acetylenes is 1. The van der Waals surface area contributed by atoms with Crippen LogP contribution in [0.5, 0.6) is 0 Å². The molecule has 4 rings (SSSR count). The van der Waals surface area contributed by atoms with Gasteiger partial charge in [-0.2, -0.15) is 5.10 Å². The molecule has 146 valence electrons. The van der Waals surface area contributed by atoms with Crippen molar-refractivity contribution in [2.75, 3.05) is 17.7 Å². The van der Waals surface area contributed by atoms with Crippen LogP contribution in [0, 0.1) is 18.3 Å². The van der Waals surface area contributed by atoms with Crippen LogP contribution in [0.4, 0.5) is 5.82 Å². The molecule has 0 aliphatic carbocycles. The summed E-state index contributed by atoms with van der Waals surface area (Å²) in [6, 6.07) is 1.62. The normalized spacial score (nSPS) is 26.8. The number of hydrogen-bond donors (Lipinski definition) is 2. The number of nitrogens with zero attached hydrogens (tertiary/aromatic N) is 4. The van der Waals surface area contributed by atoms with Crippen molar-refractivity contribution in [1.29, 1.82) is 0 Å². The monoisotopic (exact) mass is 416 g/mol. The van der Waals surface area contributed by atoms with Crippen molar-refractivity contribution in [3.05, 3.63) is 28.3 Å². The van der Waals surface area contributed by atoms with E-state index in [9.17, 15) is 4.79 Å². The van der Waals surface area contributed by atoms with Gasteiger partial charge in [0.2, 0.25) is 0 Å². The molecule has 2 aromatic rings. The zero-order valence-corrected chi connectivity index (χ0v) is 16.9. The molecule has 1 fully saturated rings. The third kappa shape index (κ3) is 3.53. The number of rotatable bonds is 4. The number of hydrogen-bond acceptors (Lipinski definition) is 8. The minimum absolute atomic E-state index is 0.186. The molecule has 2 aliphatic heterocycles. The van der Waals surface area contributed by atoms with E-state index in [1.807, 2.05) is 5.38 Å². The second kappa shape index (κ2) is 7.58. The lowest BCUT2D eigenvalue weighted by molar-refractivity contribution is -0.0466. The van der Waals surface area contributed by atoms with Gasteiger partial charge in [0.15, 0.2) is 10.9 Å². The lowest BCUT2D eigenvalue weighted by atomic mass is 9.80. The number of fused-ring (bicyclic) bond motifs is 1. The van der Waals surface area contributed by atoms with E-state index in [-0.39, 0.29) is 17.7 Å². The summed E-state index contributed by atoms with van der Waals surface area (Å²) >= 11 is 3.03. The van der Waals surface area contributed by atoms with Crippen molar-refractivity contribution in [3.8, 4) is 12.3 Å². The molecule has 4 heterocycles. The summed E-state index contributed by atoms with van der Waals surface area (Å²) < 4.78 is 7.45. The van der Waals surface area contributed by atoms with Gasteiger partial charge in [-0.3, -0.25) is 9.48 Å². The second-order valence-electron chi connectivity index (χ2n) is 6.83. The number of aliphatic imine (C=N–C) groups is 1. The van der Waals surface area contributed by atoms with Crippen molar-refractivity contribution < 1.29 is 9.53 Å². The number of amidine groups is 1. The van der Waals surface area contributed by atoms with Gasteiger partial charge in [-0.15, -0.1) is 17.8 Å². The molecular weight excluding hydrogens is 396 g/mol. The van der Waals surface area contributed by atoms with E-state index < -0.39 is 5.54 Å². The lowest BCUT2D eigenvalue weighted by Crippen LogP contribution is -2.49. The molecular formula is C18H20N6O2S2. The predicted octanol–water partition coefficient (Wildman–Crippen LogP) is 1.91. The van der Waals surface area contributed by atoms with Crippen LogP contribution in [-0.2, 0) is 16.8 Å². The molecule has 10 heteroatoms. The Hall–Kier alpha value is -2.35. The highest BCUT2D eigenvalue weighted by Gasteiger charge is 2.49. The van der Waals surface area contributed by atoms with Crippen LogP contribution < -0.4 is 11.1 Å². The average molecular weight is 417 g/mol. The maximum atomic E-state index is 12.4. The Morgan fingerprint density at radius 2 is 2.46 bits per heavy atom. The van der Waals surface area contributed by atoms with E-state index in [4.69, 9.17) is 21.9 Å². The molecule has 0 bridgehead atoms. The summed E-state index contributed by atoms with van der Waals surface area (Å²) in [5.41, 5.74) is 5.73. The Balaban J connectivity index is 1.55. The topological polar surface area (TPSA) is 107 Å². The number of carbonyl (C=O) groups excluding carboxylic acids is 1.